The number of halogens is 3. The van der Waals surface area contributed by atoms with Gasteiger partial charge in [-0.1, -0.05) is 6.07 Å². The molecule has 2 fully saturated rings. The number of pyridine rings is 1. The predicted octanol–water partition coefficient (Wildman–Crippen LogP) is 5.06. The van der Waals surface area contributed by atoms with E-state index < -0.39 is 40.2 Å². The SMILES string of the molecule is COc1cc(C)c(C(=O)N[C@@]23CCC[C@@H]2N(C(=O)c2ccc(F)c(-c4c(F)cccc4F)n2)CC3)cc1OC. The second-order valence-corrected chi connectivity index (χ2v) is 9.91. The molecule has 10 heteroatoms. The van der Waals surface area contributed by atoms with Crippen molar-refractivity contribution in [2.75, 3.05) is 20.8 Å². The maximum absolute atomic E-state index is 14.6. The summed E-state index contributed by atoms with van der Waals surface area (Å²) in [5.41, 5.74) is -0.810. The van der Waals surface area contributed by atoms with Crippen LogP contribution in [0.3, 0.4) is 0 Å². The summed E-state index contributed by atoms with van der Waals surface area (Å²) in [6.07, 6.45) is 2.66. The third-order valence-corrected chi connectivity index (χ3v) is 7.78. The van der Waals surface area contributed by atoms with Crippen LogP contribution >= 0.6 is 0 Å². The van der Waals surface area contributed by atoms with E-state index in [-0.39, 0.29) is 17.6 Å². The van der Waals surface area contributed by atoms with Gasteiger partial charge in [-0.2, -0.15) is 0 Å². The molecule has 1 saturated heterocycles. The Bertz CT molecular complexity index is 1440. The first kappa shape index (κ1) is 26.5. The number of ether oxygens (including phenoxy) is 2. The van der Waals surface area contributed by atoms with Crippen LogP contribution in [0.15, 0.2) is 42.5 Å². The highest BCUT2D eigenvalue weighted by atomic mass is 19.1. The number of carbonyl (C=O) groups is 2. The zero-order chi connectivity index (χ0) is 27.9. The fourth-order valence-corrected chi connectivity index (χ4v) is 5.85. The van der Waals surface area contributed by atoms with Gasteiger partial charge in [0.2, 0.25) is 0 Å². The minimum Gasteiger partial charge on any atom is -0.493 e. The maximum Gasteiger partial charge on any atom is 0.272 e. The Kier molecular flexibility index (Phi) is 6.96. The lowest BCUT2D eigenvalue weighted by atomic mass is 9.92. The van der Waals surface area contributed by atoms with E-state index in [2.05, 4.69) is 10.3 Å². The Morgan fingerprint density at radius 3 is 2.38 bits per heavy atom. The molecule has 1 saturated carbocycles. The summed E-state index contributed by atoms with van der Waals surface area (Å²) in [6.45, 7) is 2.15. The largest absolute Gasteiger partial charge is 0.493 e. The lowest BCUT2D eigenvalue weighted by Gasteiger charge is -2.33. The molecule has 1 N–H and O–H groups in total. The van der Waals surface area contributed by atoms with E-state index in [0.29, 0.717) is 48.4 Å². The summed E-state index contributed by atoms with van der Waals surface area (Å²) in [5.74, 6) is -2.72. The van der Waals surface area contributed by atoms with E-state index in [0.717, 1.165) is 24.6 Å². The van der Waals surface area contributed by atoms with E-state index in [1.165, 1.54) is 26.4 Å². The minimum atomic E-state index is -0.977. The van der Waals surface area contributed by atoms with Crippen molar-refractivity contribution in [3.63, 3.8) is 0 Å². The normalized spacial score (nSPS) is 20.1. The molecule has 2 aromatic carbocycles. The number of likely N-dealkylation sites (tertiary alicyclic amines) is 1. The average Bonchev–Trinajstić information content (AvgIpc) is 3.47. The molecular weight excluding hydrogens is 511 g/mol. The number of hydrogen-bond acceptors (Lipinski definition) is 5. The summed E-state index contributed by atoms with van der Waals surface area (Å²) in [5, 5.41) is 3.19. The van der Waals surface area contributed by atoms with Crippen molar-refractivity contribution in [2.45, 2.75) is 44.2 Å². The van der Waals surface area contributed by atoms with Gasteiger partial charge >= 0.3 is 0 Å². The number of carbonyl (C=O) groups excluding carboxylic acids is 2. The Balaban J connectivity index is 1.41. The summed E-state index contributed by atoms with van der Waals surface area (Å²) in [6, 6.07) is 8.43. The quantitative estimate of drug-likeness (QED) is 0.474. The van der Waals surface area contributed by atoms with Crippen LogP contribution in [-0.2, 0) is 0 Å². The summed E-state index contributed by atoms with van der Waals surface area (Å²) < 4.78 is 54.0. The molecule has 3 aromatic rings. The Morgan fingerprint density at radius 2 is 1.69 bits per heavy atom. The average molecular weight is 540 g/mol. The third-order valence-electron chi connectivity index (χ3n) is 7.78. The number of aryl methyl sites for hydroxylation is 1. The first-order chi connectivity index (χ1) is 18.7. The fourth-order valence-electron chi connectivity index (χ4n) is 5.85. The van der Waals surface area contributed by atoms with E-state index >= 15 is 0 Å². The standard InChI is InChI=1S/C29H28F3N3O4/c1-16-14-22(38-2)23(39-3)15-17(16)27(36)34-29-11-5-8-24(29)35(13-12-29)28(37)21-10-9-20(32)26(33-21)25-18(30)6-4-7-19(25)31/h4,6-7,9-10,14-15,24H,5,8,11-13H2,1-3H3,(H,34,36)/t24-,29+/m0/s1. The number of benzene rings is 2. The Hall–Kier alpha value is -4.08. The molecular formula is C29H28F3N3O4. The van der Waals surface area contributed by atoms with Gasteiger partial charge in [-0.05, 0) is 74.6 Å². The number of methoxy groups -OCH3 is 2. The van der Waals surface area contributed by atoms with Crippen molar-refractivity contribution < 1.29 is 32.2 Å². The molecule has 7 nitrogen and oxygen atoms in total. The van der Waals surface area contributed by atoms with Crippen molar-refractivity contribution in [2.24, 2.45) is 0 Å². The summed E-state index contributed by atoms with van der Waals surface area (Å²) >= 11 is 0. The van der Waals surface area contributed by atoms with Gasteiger partial charge in [0, 0.05) is 12.1 Å². The fraction of sp³-hybridized carbons (Fsp3) is 0.345. The van der Waals surface area contributed by atoms with Crippen molar-refractivity contribution in [1.82, 2.24) is 15.2 Å². The number of hydrogen-bond donors (Lipinski definition) is 1. The van der Waals surface area contributed by atoms with Crippen molar-refractivity contribution in [1.29, 1.82) is 0 Å². The molecule has 0 spiro atoms. The van der Waals surface area contributed by atoms with Crippen LogP contribution in [-0.4, -0.2) is 54.0 Å². The first-order valence-corrected chi connectivity index (χ1v) is 12.7. The number of aromatic nitrogens is 1. The van der Waals surface area contributed by atoms with Crippen molar-refractivity contribution in [3.05, 3.63) is 76.7 Å². The van der Waals surface area contributed by atoms with E-state index in [4.69, 9.17) is 9.47 Å². The van der Waals surface area contributed by atoms with Crippen LogP contribution in [0, 0.1) is 24.4 Å². The summed E-state index contributed by atoms with van der Waals surface area (Å²) in [4.78, 5) is 32.7. The topological polar surface area (TPSA) is 80.8 Å². The minimum absolute atomic E-state index is 0.126. The second kappa shape index (κ2) is 10.2. The molecule has 2 amide bonds. The first-order valence-electron chi connectivity index (χ1n) is 12.7. The molecule has 5 rings (SSSR count). The molecule has 1 aromatic heterocycles. The van der Waals surface area contributed by atoms with E-state index in [1.54, 1.807) is 24.0 Å². The lowest BCUT2D eigenvalue weighted by molar-refractivity contribution is 0.0689. The van der Waals surface area contributed by atoms with Gasteiger partial charge in [0.1, 0.15) is 28.8 Å². The molecule has 0 radical (unpaired) electrons. The highest BCUT2D eigenvalue weighted by molar-refractivity contribution is 5.97. The molecule has 1 aliphatic heterocycles. The van der Waals surface area contributed by atoms with E-state index in [9.17, 15) is 22.8 Å². The van der Waals surface area contributed by atoms with Gasteiger partial charge in [-0.3, -0.25) is 9.59 Å². The number of rotatable bonds is 6. The monoisotopic (exact) mass is 539 g/mol. The summed E-state index contributed by atoms with van der Waals surface area (Å²) in [7, 11) is 3.02. The zero-order valence-corrected chi connectivity index (χ0v) is 21.8. The number of nitrogens with one attached hydrogen (secondary N) is 1. The molecule has 204 valence electrons. The molecule has 1 aliphatic carbocycles. The maximum atomic E-state index is 14.6. The second-order valence-electron chi connectivity index (χ2n) is 9.91. The van der Waals surface area contributed by atoms with Gasteiger partial charge in [0.25, 0.3) is 11.8 Å². The molecule has 2 aliphatic rings. The van der Waals surface area contributed by atoms with Gasteiger partial charge in [-0.15, -0.1) is 0 Å². The highest BCUT2D eigenvalue weighted by Crippen LogP contribution is 2.43. The van der Waals surface area contributed by atoms with Gasteiger partial charge in [0.05, 0.1) is 31.4 Å². The van der Waals surface area contributed by atoms with Crippen LogP contribution in [0.5, 0.6) is 11.5 Å². The highest BCUT2D eigenvalue weighted by Gasteiger charge is 2.53. The van der Waals surface area contributed by atoms with Crippen molar-refractivity contribution >= 4 is 11.8 Å². The van der Waals surface area contributed by atoms with Crippen LogP contribution in [0.1, 0.15) is 52.1 Å². The number of fused-ring (bicyclic) bond motifs is 1. The number of nitrogens with zero attached hydrogens (tertiary/aromatic N) is 2. The molecule has 2 heterocycles. The third kappa shape index (κ3) is 4.57. The zero-order valence-electron chi connectivity index (χ0n) is 21.8. The smallest absolute Gasteiger partial charge is 0.272 e. The molecule has 2 atom stereocenters. The lowest BCUT2D eigenvalue weighted by Crippen LogP contribution is -2.54. The van der Waals surface area contributed by atoms with Gasteiger partial charge in [0.15, 0.2) is 11.5 Å². The van der Waals surface area contributed by atoms with Crippen LogP contribution in [0.4, 0.5) is 13.2 Å². The van der Waals surface area contributed by atoms with Crippen LogP contribution in [0.25, 0.3) is 11.3 Å². The van der Waals surface area contributed by atoms with Crippen molar-refractivity contribution in [3.8, 4) is 22.8 Å². The van der Waals surface area contributed by atoms with E-state index in [1.807, 2.05) is 0 Å². The number of amides is 2. The molecule has 0 bridgehead atoms. The van der Waals surface area contributed by atoms with Crippen LogP contribution in [0.2, 0.25) is 0 Å². The van der Waals surface area contributed by atoms with Gasteiger partial charge in [-0.25, -0.2) is 18.2 Å². The Morgan fingerprint density at radius 1 is 1.00 bits per heavy atom. The predicted molar refractivity (Wildman–Crippen MR) is 137 cm³/mol. The molecule has 0 unspecified atom stereocenters. The van der Waals surface area contributed by atoms with Crippen LogP contribution < -0.4 is 14.8 Å². The Labute approximate surface area is 223 Å². The van der Waals surface area contributed by atoms with Gasteiger partial charge < -0.3 is 19.7 Å². The molecule has 39 heavy (non-hydrogen) atoms.